The van der Waals surface area contributed by atoms with Crippen LogP contribution in [0.25, 0.3) is 0 Å². The second kappa shape index (κ2) is 6.92. The van der Waals surface area contributed by atoms with E-state index in [-0.39, 0.29) is 23.4 Å². The Labute approximate surface area is 152 Å². The number of carbonyl (C=O) groups excluding carboxylic acids is 2. The van der Waals surface area contributed by atoms with Crippen molar-refractivity contribution in [3.63, 3.8) is 0 Å². The van der Waals surface area contributed by atoms with Gasteiger partial charge in [0.05, 0.1) is 23.4 Å². The number of amides is 2. The number of rotatable bonds is 4. The highest BCUT2D eigenvalue weighted by molar-refractivity contribution is 7.94. The first-order chi connectivity index (χ1) is 12.3. The maximum Gasteiger partial charge on any atom is 0.251 e. The van der Waals surface area contributed by atoms with Crippen LogP contribution < -0.4 is 9.62 Å². The molecule has 136 valence electrons. The Morgan fingerprint density at radius 2 is 1.85 bits per heavy atom. The number of carbonyl (C=O) groups is 2. The Kier molecular flexibility index (Phi) is 4.82. The summed E-state index contributed by atoms with van der Waals surface area (Å²) in [4.78, 5) is 24.8. The molecule has 26 heavy (non-hydrogen) atoms. The summed E-state index contributed by atoms with van der Waals surface area (Å²) in [6.07, 6.45) is 0. The molecule has 1 fully saturated rings. The van der Waals surface area contributed by atoms with Gasteiger partial charge in [0.15, 0.2) is 0 Å². The highest BCUT2D eigenvalue weighted by Crippen LogP contribution is 2.28. The van der Waals surface area contributed by atoms with Crippen LogP contribution in [0, 0.1) is 5.92 Å². The largest absolute Gasteiger partial charge is 0.346 e. The van der Waals surface area contributed by atoms with Gasteiger partial charge in [0.2, 0.25) is 15.9 Å². The second-order valence-electron chi connectivity index (χ2n) is 6.44. The van der Waals surface area contributed by atoms with Gasteiger partial charge in [0, 0.05) is 5.56 Å². The zero-order valence-electron chi connectivity index (χ0n) is 14.5. The third-order valence-electron chi connectivity index (χ3n) is 4.35. The fraction of sp³-hybridized carbons (Fsp3) is 0.263. The molecule has 0 bridgehead atoms. The average molecular weight is 372 g/mol. The van der Waals surface area contributed by atoms with Crippen molar-refractivity contribution >= 4 is 27.5 Å². The molecular formula is C19H20N2O4S. The van der Waals surface area contributed by atoms with E-state index in [1.807, 2.05) is 37.3 Å². The first-order valence-electron chi connectivity index (χ1n) is 8.32. The van der Waals surface area contributed by atoms with Crippen LogP contribution in [-0.4, -0.2) is 26.0 Å². The standard InChI is InChI=1S/C19H20N2O4S/c1-13-12-26(24,25)21(19(13)23)17-10-6-9-16(11-17)18(22)20-14(2)15-7-4-3-5-8-15/h3-11,13-14H,12H2,1-2H3,(H,20,22). The summed E-state index contributed by atoms with van der Waals surface area (Å²) in [6.45, 7) is 3.45. The molecule has 7 heteroatoms. The molecule has 2 atom stereocenters. The van der Waals surface area contributed by atoms with Gasteiger partial charge in [0.25, 0.3) is 5.91 Å². The summed E-state index contributed by atoms with van der Waals surface area (Å²) in [5.74, 6) is -1.61. The normalized spacial score (nSPS) is 20.0. The van der Waals surface area contributed by atoms with Crippen LogP contribution in [0.3, 0.4) is 0 Å². The van der Waals surface area contributed by atoms with Gasteiger partial charge >= 0.3 is 0 Å². The molecule has 3 rings (SSSR count). The van der Waals surface area contributed by atoms with Crippen molar-refractivity contribution in [1.29, 1.82) is 0 Å². The van der Waals surface area contributed by atoms with Gasteiger partial charge in [-0.25, -0.2) is 12.7 Å². The highest BCUT2D eigenvalue weighted by atomic mass is 32.2. The Morgan fingerprint density at radius 3 is 2.46 bits per heavy atom. The molecule has 2 aromatic rings. The van der Waals surface area contributed by atoms with Crippen LogP contribution >= 0.6 is 0 Å². The zero-order valence-corrected chi connectivity index (χ0v) is 15.4. The van der Waals surface area contributed by atoms with E-state index >= 15 is 0 Å². The lowest BCUT2D eigenvalue weighted by Gasteiger charge is -2.17. The van der Waals surface area contributed by atoms with Gasteiger partial charge in [0.1, 0.15) is 0 Å². The van der Waals surface area contributed by atoms with Gasteiger partial charge in [-0.15, -0.1) is 0 Å². The van der Waals surface area contributed by atoms with Gasteiger partial charge in [-0.1, -0.05) is 43.3 Å². The van der Waals surface area contributed by atoms with Gasteiger partial charge in [-0.2, -0.15) is 0 Å². The lowest BCUT2D eigenvalue weighted by Crippen LogP contribution is -2.31. The third-order valence-corrected chi connectivity index (χ3v) is 6.22. The maximum absolute atomic E-state index is 12.5. The van der Waals surface area contributed by atoms with Crippen molar-refractivity contribution in [2.45, 2.75) is 19.9 Å². The number of nitrogens with zero attached hydrogens (tertiary/aromatic N) is 1. The number of sulfonamides is 1. The molecule has 1 N–H and O–H groups in total. The lowest BCUT2D eigenvalue weighted by molar-refractivity contribution is -0.119. The fourth-order valence-electron chi connectivity index (χ4n) is 2.97. The van der Waals surface area contributed by atoms with E-state index in [0.29, 0.717) is 5.56 Å². The Hall–Kier alpha value is -2.67. The van der Waals surface area contributed by atoms with E-state index in [2.05, 4.69) is 5.32 Å². The number of hydrogen-bond acceptors (Lipinski definition) is 4. The summed E-state index contributed by atoms with van der Waals surface area (Å²) in [7, 11) is -3.69. The van der Waals surface area contributed by atoms with E-state index in [1.54, 1.807) is 19.1 Å². The minimum absolute atomic E-state index is 0.194. The van der Waals surface area contributed by atoms with Crippen LogP contribution in [0.5, 0.6) is 0 Å². The molecule has 0 aromatic heterocycles. The molecule has 0 spiro atoms. The minimum Gasteiger partial charge on any atom is -0.346 e. The molecule has 0 saturated carbocycles. The van der Waals surface area contributed by atoms with Crippen LogP contribution in [-0.2, 0) is 14.8 Å². The van der Waals surface area contributed by atoms with E-state index < -0.39 is 21.8 Å². The number of benzene rings is 2. The first kappa shape index (κ1) is 18.1. The zero-order chi connectivity index (χ0) is 18.9. The second-order valence-corrected chi connectivity index (χ2v) is 8.30. The molecule has 1 aliphatic heterocycles. The van der Waals surface area contributed by atoms with Crippen LogP contribution in [0.4, 0.5) is 5.69 Å². The SMILES string of the molecule is CC1CS(=O)(=O)N(c2cccc(C(=O)NC(C)c3ccccc3)c2)C1=O. The maximum atomic E-state index is 12.5. The van der Waals surface area contributed by atoms with Crippen molar-refractivity contribution in [3.8, 4) is 0 Å². The van der Waals surface area contributed by atoms with Crippen molar-refractivity contribution in [2.24, 2.45) is 5.92 Å². The average Bonchev–Trinajstić information content (AvgIpc) is 2.82. The van der Waals surface area contributed by atoms with Crippen molar-refractivity contribution in [1.82, 2.24) is 5.32 Å². The smallest absolute Gasteiger partial charge is 0.251 e. The molecule has 2 unspecified atom stereocenters. The number of nitrogens with one attached hydrogen (secondary N) is 1. The predicted octanol–water partition coefficient (Wildman–Crippen LogP) is 2.49. The summed E-state index contributed by atoms with van der Waals surface area (Å²) >= 11 is 0. The molecule has 1 saturated heterocycles. The summed E-state index contributed by atoms with van der Waals surface area (Å²) in [5.41, 5.74) is 1.45. The molecule has 2 aromatic carbocycles. The summed E-state index contributed by atoms with van der Waals surface area (Å²) < 4.78 is 25.3. The number of hydrogen-bond donors (Lipinski definition) is 1. The quantitative estimate of drug-likeness (QED) is 0.894. The Bertz CT molecular complexity index is 941. The van der Waals surface area contributed by atoms with Crippen LogP contribution in [0.1, 0.15) is 35.8 Å². The van der Waals surface area contributed by atoms with Crippen LogP contribution in [0.15, 0.2) is 54.6 Å². The summed E-state index contributed by atoms with van der Waals surface area (Å²) in [5, 5.41) is 2.88. The van der Waals surface area contributed by atoms with Gasteiger partial charge < -0.3 is 5.32 Å². The summed E-state index contributed by atoms with van der Waals surface area (Å²) in [6, 6.07) is 15.4. The fourth-order valence-corrected chi connectivity index (χ4v) is 4.78. The molecule has 0 radical (unpaired) electrons. The van der Waals surface area contributed by atoms with E-state index in [4.69, 9.17) is 0 Å². The third kappa shape index (κ3) is 3.48. The van der Waals surface area contributed by atoms with Gasteiger partial charge in [-0.05, 0) is 30.7 Å². The Morgan fingerprint density at radius 1 is 1.15 bits per heavy atom. The monoisotopic (exact) mass is 372 g/mol. The lowest BCUT2D eigenvalue weighted by atomic mass is 10.1. The highest BCUT2D eigenvalue weighted by Gasteiger charge is 2.42. The molecule has 1 heterocycles. The molecule has 2 amide bonds. The predicted molar refractivity (Wildman–Crippen MR) is 99.2 cm³/mol. The first-order valence-corrected chi connectivity index (χ1v) is 9.93. The van der Waals surface area contributed by atoms with E-state index in [9.17, 15) is 18.0 Å². The molecule has 1 aliphatic rings. The van der Waals surface area contributed by atoms with Crippen molar-refractivity contribution in [3.05, 3.63) is 65.7 Å². The molecule has 0 aliphatic carbocycles. The van der Waals surface area contributed by atoms with Crippen molar-refractivity contribution < 1.29 is 18.0 Å². The van der Waals surface area contributed by atoms with E-state index in [1.165, 1.54) is 12.1 Å². The van der Waals surface area contributed by atoms with Crippen molar-refractivity contribution in [2.75, 3.05) is 10.1 Å². The molecule has 6 nitrogen and oxygen atoms in total. The molecular weight excluding hydrogens is 352 g/mol. The van der Waals surface area contributed by atoms with Gasteiger partial charge in [-0.3, -0.25) is 9.59 Å². The minimum atomic E-state index is -3.69. The Balaban J connectivity index is 1.83. The topological polar surface area (TPSA) is 83.6 Å². The number of anilines is 1. The van der Waals surface area contributed by atoms with E-state index in [0.717, 1.165) is 9.87 Å². The van der Waals surface area contributed by atoms with Crippen LogP contribution in [0.2, 0.25) is 0 Å².